The zero-order valence-corrected chi connectivity index (χ0v) is 17.4. The van der Waals surface area contributed by atoms with Gasteiger partial charge in [0.1, 0.15) is 23.6 Å². The molecule has 0 saturated carbocycles. The molecule has 0 fully saturated rings. The first-order valence-electron chi connectivity index (χ1n) is 8.81. The van der Waals surface area contributed by atoms with Crippen molar-refractivity contribution < 1.29 is 18.1 Å². The van der Waals surface area contributed by atoms with Crippen LogP contribution in [-0.4, -0.2) is 37.8 Å². The Kier molecular flexibility index (Phi) is 6.95. The van der Waals surface area contributed by atoms with Crippen LogP contribution >= 0.6 is 0 Å². The fourth-order valence-corrected chi connectivity index (χ4v) is 4.31. The number of nitro benzene ring substituents is 1. The maximum Gasteiger partial charge on any atom is 0.294 e. The second-order valence-electron chi connectivity index (χ2n) is 5.97. The van der Waals surface area contributed by atoms with E-state index in [9.17, 15) is 23.8 Å². The van der Waals surface area contributed by atoms with E-state index in [0.29, 0.717) is 0 Å². The summed E-state index contributed by atoms with van der Waals surface area (Å²) in [6.07, 6.45) is 0. The van der Waals surface area contributed by atoms with Crippen LogP contribution in [0.2, 0.25) is 0 Å². The van der Waals surface area contributed by atoms with Crippen LogP contribution in [0.15, 0.2) is 35.2 Å². The first-order valence-corrected chi connectivity index (χ1v) is 10.2. The van der Waals surface area contributed by atoms with Crippen LogP contribution in [0.25, 0.3) is 0 Å². The van der Waals surface area contributed by atoms with E-state index in [1.54, 1.807) is 19.9 Å². The van der Waals surface area contributed by atoms with E-state index < -0.39 is 20.6 Å². The summed E-state index contributed by atoms with van der Waals surface area (Å²) in [5.41, 5.74) is -0.561. The van der Waals surface area contributed by atoms with Crippen molar-refractivity contribution in [3.8, 4) is 17.9 Å². The van der Waals surface area contributed by atoms with Crippen molar-refractivity contribution in [3.63, 3.8) is 0 Å². The zero-order valence-electron chi connectivity index (χ0n) is 16.5. The van der Waals surface area contributed by atoms with Crippen LogP contribution in [0.3, 0.4) is 0 Å². The highest BCUT2D eigenvalue weighted by Crippen LogP contribution is 2.36. The van der Waals surface area contributed by atoms with Crippen molar-refractivity contribution >= 4 is 27.1 Å². The first-order chi connectivity index (χ1) is 14.2. The molecule has 0 aliphatic heterocycles. The molecule has 0 aromatic heterocycles. The van der Waals surface area contributed by atoms with Crippen LogP contribution in [0.1, 0.15) is 25.0 Å². The SMILES string of the molecule is CCN(CC)S(=O)(=O)c1ccc(OC)c(Nc2cc(C#N)c(C#N)cc2[N+](=O)[O-])c1. The van der Waals surface area contributed by atoms with E-state index in [0.717, 1.165) is 6.07 Å². The maximum absolute atomic E-state index is 12.8. The average Bonchev–Trinajstić information content (AvgIpc) is 2.73. The lowest BCUT2D eigenvalue weighted by atomic mass is 10.1. The maximum atomic E-state index is 12.8. The monoisotopic (exact) mass is 429 g/mol. The Bertz CT molecular complexity index is 1160. The summed E-state index contributed by atoms with van der Waals surface area (Å²) in [4.78, 5) is 10.7. The normalized spacial score (nSPS) is 10.9. The van der Waals surface area contributed by atoms with E-state index in [1.807, 2.05) is 6.07 Å². The van der Waals surface area contributed by atoms with Gasteiger partial charge >= 0.3 is 0 Å². The Morgan fingerprint density at radius 2 is 1.70 bits per heavy atom. The number of nitro groups is 1. The van der Waals surface area contributed by atoms with Gasteiger partial charge in [-0.25, -0.2) is 8.42 Å². The summed E-state index contributed by atoms with van der Waals surface area (Å²) in [7, 11) is -2.41. The highest BCUT2D eigenvalue weighted by atomic mass is 32.2. The van der Waals surface area contributed by atoms with Crippen molar-refractivity contribution in [2.24, 2.45) is 0 Å². The van der Waals surface area contributed by atoms with E-state index in [2.05, 4.69) is 5.32 Å². The summed E-state index contributed by atoms with van der Waals surface area (Å²) in [6.45, 7) is 3.99. The van der Waals surface area contributed by atoms with Crippen LogP contribution in [0.5, 0.6) is 5.75 Å². The Morgan fingerprint density at radius 3 is 2.20 bits per heavy atom. The molecule has 0 aliphatic rings. The fraction of sp³-hybridized carbons (Fsp3) is 0.263. The van der Waals surface area contributed by atoms with Gasteiger partial charge in [-0.05, 0) is 24.3 Å². The quantitative estimate of drug-likeness (QED) is 0.497. The molecule has 0 unspecified atom stereocenters. The molecule has 156 valence electrons. The molecule has 11 heteroatoms. The summed E-state index contributed by atoms with van der Waals surface area (Å²) < 4.78 is 32.2. The lowest BCUT2D eigenvalue weighted by Gasteiger charge is -2.20. The highest BCUT2D eigenvalue weighted by Gasteiger charge is 2.24. The molecule has 1 N–H and O–H groups in total. The minimum absolute atomic E-state index is 0.0219. The van der Waals surface area contributed by atoms with Gasteiger partial charge in [-0.15, -0.1) is 0 Å². The molecule has 0 heterocycles. The van der Waals surface area contributed by atoms with Crippen molar-refractivity contribution in [1.29, 1.82) is 10.5 Å². The average molecular weight is 429 g/mol. The summed E-state index contributed by atoms with van der Waals surface area (Å²) >= 11 is 0. The molecule has 10 nitrogen and oxygen atoms in total. The van der Waals surface area contributed by atoms with Gasteiger partial charge in [-0.1, -0.05) is 13.8 Å². The lowest BCUT2D eigenvalue weighted by Crippen LogP contribution is -2.30. The summed E-state index contributed by atoms with van der Waals surface area (Å²) in [5.74, 6) is 0.241. The van der Waals surface area contributed by atoms with E-state index in [4.69, 9.17) is 10.00 Å². The molecule has 2 rings (SSSR count). The van der Waals surface area contributed by atoms with Crippen LogP contribution in [0, 0.1) is 32.8 Å². The number of hydrogen-bond donors (Lipinski definition) is 1. The first kappa shape index (κ1) is 22.6. The Labute approximate surface area is 174 Å². The number of sulfonamides is 1. The molecule has 30 heavy (non-hydrogen) atoms. The predicted molar refractivity (Wildman–Crippen MR) is 109 cm³/mol. The number of nitrogens with one attached hydrogen (secondary N) is 1. The minimum Gasteiger partial charge on any atom is -0.495 e. The molecule has 0 aliphatic carbocycles. The molecule has 0 atom stereocenters. The Hall–Kier alpha value is -3.67. The number of nitriles is 2. The van der Waals surface area contributed by atoms with Gasteiger partial charge in [0.2, 0.25) is 10.0 Å². The van der Waals surface area contributed by atoms with Crippen LogP contribution in [0.4, 0.5) is 17.1 Å². The van der Waals surface area contributed by atoms with Crippen molar-refractivity contribution in [2.75, 3.05) is 25.5 Å². The van der Waals surface area contributed by atoms with Crippen molar-refractivity contribution in [3.05, 3.63) is 51.6 Å². The molecular weight excluding hydrogens is 410 g/mol. The summed E-state index contributed by atoms with van der Waals surface area (Å²) in [5, 5.41) is 32.6. The molecule has 0 bridgehead atoms. The van der Waals surface area contributed by atoms with Gasteiger partial charge in [0.25, 0.3) is 5.69 Å². The van der Waals surface area contributed by atoms with Gasteiger partial charge in [-0.2, -0.15) is 14.8 Å². The second-order valence-corrected chi connectivity index (χ2v) is 7.91. The number of rotatable bonds is 8. The third kappa shape index (κ3) is 4.33. The lowest BCUT2D eigenvalue weighted by molar-refractivity contribution is -0.383. The van der Waals surface area contributed by atoms with Crippen molar-refractivity contribution in [2.45, 2.75) is 18.7 Å². The van der Waals surface area contributed by atoms with Crippen LogP contribution in [-0.2, 0) is 10.0 Å². The standard InChI is InChI=1S/C19H19N5O5S/c1-4-23(5-2)30(27,28)15-6-7-19(29-3)17(10-15)22-16-8-13(11-20)14(12-21)9-18(16)24(25)26/h6-10,22H,4-5H2,1-3H3. The number of methoxy groups -OCH3 is 1. The largest absolute Gasteiger partial charge is 0.495 e. The van der Waals surface area contributed by atoms with Gasteiger partial charge in [0, 0.05) is 19.2 Å². The van der Waals surface area contributed by atoms with Crippen molar-refractivity contribution in [1.82, 2.24) is 4.31 Å². The van der Waals surface area contributed by atoms with Gasteiger partial charge < -0.3 is 10.1 Å². The fourth-order valence-electron chi connectivity index (χ4n) is 2.83. The van der Waals surface area contributed by atoms with E-state index in [-0.39, 0.29) is 46.2 Å². The number of hydrogen-bond acceptors (Lipinski definition) is 8. The predicted octanol–water partition coefficient (Wildman–Crippen LogP) is 3.12. The number of anilines is 2. The third-order valence-corrected chi connectivity index (χ3v) is 6.40. The van der Waals surface area contributed by atoms with Gasteiger partial charge in [0.05, 0.1) is 33.7 Å². The molecule has 2 aromatic carbocycles. The van der Waals surface area contributed by atoms with E-state index >= 15 is 0 Å². The zero-order chi connectivity index (χ0) is 22.5. The number of ether oxygens (including phenoxy) is 1. The number of benzene rings is 2. The molecule has 0 saturated heterocycles. The topological polar surface area (TPSA) is 149 Å². The molecule has 2 aromatic rings. The highest BCUT2D eigenvalue weighted by molar-refractivity contribution is 7.89. The summed E-state index contributed by atoms with van der Waals surface area (Å²) in [6, 6.07) is 9.83. The second kappa shape index (κ2) is 9.22. The Morgan fingerprint density at radius 1 is 1.10 bits per heavy atom. The third-order valence-electron chi connectivity index (χ3n) is 4.36. The van der Waals surface area contributed by atoms with E-state index in [1.165, 1.54) is 35.7 Å². The molecular formula is C19H19N5O5S. The van der Waals surface area contributed by atoms with Gasteiger partial charge in [-0.3, -0.25) is 10.1 Å². The number of nitrogens with zero attached hydrogens (tertiary/aromatic N) is 4. The Balaban J connectivity index is 2.65. The molecule has 0 amide bonds. The molecule has 0 radical (unpaired) electrons. The van der Waals surface area contributed by atoms with Gasteiger partial charge in [0.15, 0.2) is 0 Å². The smallest absolute Gasteiger partial charge is 0.294 e. The van der Waals surface area contributed by atoms with Crippen LogP contribution < -0.4 is 10.1 Å². The molecule has 0 spiro atoms. The minimum atomic E-state index is -3.78.